The van der Waals surface area contributed by atoms with Gasteiger partial charge in [0.15, 0.2) is 5.69 Å². The van der Waals surface area contributed by atoms with E-state index in [1.54, 1.807) is 7.11 Å². The molecule has 1 fully saturated rings. The van der Waals surface area contributed by atoms with E-state index in [1.165, 1.54) is 6.42 Å². The number of nitrogens with one attached hydrogen (secondary N) is 1. The van der Waals surface area contributed by atoms with Gasteiger partial charge in [-0.1, -0.05) is 18.6 Å². The van der Waals surface area contributed by atoms with Crippen LogP contribution in [0.1, 0.15) is 71.3 Å². The first-order valence-electron chi connectivity index (χ1n) is 11.6. The molecule has 0 unspecified atom stereocenters. The number of hydrogen-bond acceptors (Lipinski definition) is 4. The number of carbonyl (C=O) groups is 1. The van der Waals surface area contributed by atoms with Crippen LogP contribution in [0, 0.1) is 6.92 Å². The number of pyridine rings is 1. The topological polar surface area (TPSA) is 71.1 Å². The van der Waals surface area contributed by atoms with Crippen LogP contribution >= 0.6 is 0 Å². The normalized spacial score (nSPS) is 18.3. The van der Waals surface area contributed by atoms with Gasteiger partial charge in [0, 0.05) is 23.5 Å². The van der Waals surface area contributed by atoms with Crippen molar-refractivity contribution in [1.82, 2.24) is 20.1 Å². The zero-order valence-electron chi connectivity index (χ0n) is 18.9. The first-order valence-corrected chi connectivity index (χ1v) is 11.6. The van der Waals surface area contributed by atoms with Crippen LogP contribution in [0.15, 0.2) is 36.4 Å². The fraction of sp³-hybridized carbons (Fsp3) is 0.423. The van der Waals surface area contributed by atoms with Crippen molar-refractivity contribution in [1.29, 1.82) is 0 Å². The molecule has 1 saturated heterocycles. The van der Waals surface area contributed by atoms with E-state index in [0.29, 0.717) is 5.69 Å². The lowest BCUT2D eigenvalue weighted by Gasteiger charge is -2.25. The number of nitrogens with zero attached hydrogens (tertiary/aromatic N) is 3. The van der Waals surface area contributed by atoms with Gasteiger partial charge >= 0.3 is 0 Å². The van der Waals surface area contributed by atoms with Crippen LogP contribution in [0.4, 0.5) is 0 Å². The number of carbonyl (C=O) groups excluding carboxylic acids is 1. The molecule has 3 aromatic rings. The zero-order valence-corrected chi connectivity index (χ0v) is 18.9. The summed E-state index contributed by atoms with van der Waals surface area (Å²) in [5.74, 6) is 0.881. The fourth-order valence-electron chi connectivity index (χ4n) is 5.10. The van der Waals surface area contributed by atoms with Gasteiger partial charge in [0.2, 0.25) is 0 Å². The first kappa shape index (κ1) is 20.7. The van der Waals surface area contributed by atoms with E-state index in [9.17, 15) is 4.79 Å². The van der Waals surface area contributed by atoms with Crippen LogP contribution in [-0.4, -0.2) is 39.6 Å². The molecule has 2 aliphatic rings. The average molecular weight is 431 g/mol. The Balaban J connectivity index is 1.45. The monoisotopic (exact) mass is 430 g/mol. The van der Waals surface area contributed by atoms with Gasteiger partial charge in [-0.3, -0.25) is 14.9 Å². The Morgan fingerprint density at radius 1 is 1.06 bits per heavy atom. The zero-order chi connectivity index (χ0) is 22.1. The highest BCUT2D eigenvalue weighted by atomic mass is 16.5. The van der Waals surface area contributed by atoms with Crippen molar-refractivity contribution in [2.75, 3.05) is 13.7 Å². The maximum Gasteiger partial charge on any atom is 0.275 e. The highest BCUT2D eigenvalue weighted by Crippen LogP contribution is 2.35. The first-order chi connectivity index (χ1) is 15.6. The number of aromatic nitrogens is 3. The minimum absolute atomic E-state index is 0.0162. The number of ether oxygens (including phenoxy) is 1. The molecule has 1 aromatic carbocycles. The number of rotatable bonds is 4. The minimum atomic E-state index is -0.0162. The summed E-state index contributed by atoms with van der Waals surface area (Å²) in [6.45, 7) is 2.77. The molecule has 32 heavy (non-hydrogen) atoms. The second kappa shape index (κ2) is 8.77. The van der Waals surface area contributed by atoms with Gasteiger partial charge in [-0.25, -0.2) is 0 Å². The van der Waals surface area contributed by atoms with Gasteiger partial charge in [0.1, 0.15) is 5.75 Å². The number of amides is 1. The molecule has 0 radical (unpaired) electrons. The van der Waals surface area contributed by atoms with Gasteiger partial charge in [0.25, 0.3) is 5.91 Å². The van der Waals surface area contributed by atoms with Crippen molar-refractivity contribution in [2.45, 2.75) is 57.9 Å². The highest BCUT2D eigenvalue weighted by molar-refractivity contribution is 5.94. The van der Waals surface area contributed by atoms with Crippen LogP contribution < -0.4 is 4.74 Å². The number of H-pyrrole nitrogens is 1. The van der Waals surface area contributed by atoms with E-state index in [0.717, 1.165) is 84.6 Å². The standard InChI is InChI=1S/C26H30N4O2/c1-17-15-19(18-10-12-20(32-2)13-11-18)16-23(27-17)24-9-6-14-30(24)26(31)25-21-7-4-3-5-8-22(21)28-29-25/h10-13,15-16,24H,3-9,14H2,1-2H3,(H,28,29)/t24-/m0/s1. The summed E-state index contributed by atoms with van der Waals surface area (Å²) in [4.78, 5) is 20.4. The van der Waals surface area contributed by atoms with Crippen LogP contribution in [-0.2, 0) is 12.8 Å². The van der Waals surface area contributed by atoms with E-state index in [-0.39, 0.29) is 11.9 Å². The molecular formula is C26H30N4O2. The van der Waals surface area contributed by atoms with Gasteiger partial charge in [-0.05, 0) is 80.8 Å². The molecule has 1 N–H and O–H groups in total. The summed E-state index contributed by atoms with van der Waals surface area (Å²) < 4.78 is 5.29. The van der Waals surface area contributed by atoms with Crippen molar-refractivity contribution < 1.29 is 9.53 Å². The number of aryl methyl sites for hydroxylation is 2. The molecule has 1 aliphatic heterocycles. The molecule has 2 aromatic heterocycles. The summed E-state index contributed by atoms with van der Waals surface area (Å²) in [5, 5.41) is 7.61. The smallest absolute Gasteiger partial charge is 0.275 e. The highest BCUT2D eigenvalue weighted by Gasteiger charge is 2.34. The van der Waals surface area contributed by atoms with E-state index < -0.39 is 0 Å². The maximum atomic E-state index is 13.6. The summed E-state index contributed by atoms with van der Waals surface area (Å²) in [6.07, 6.45) is 7.34. The Morgan fingerprint density at radius 3 is 2.69 bits per heavy atom. The molecule has 0 saturated carbocycles. The second-order valence-corrected chi connectivity index (χ2v) is 8.90. The molecule has 3 heterocycles. The quantitative estimate of drug-likeness (QED) is 0.589. The van der Waals surface area contributed by atoms with Crippen LogP contribution in [0.2, 0.25) is 0 Å². The van der Waals surface area contributed by atoms with Gasteiger partial charge in [-0.2, -0.15) is 5.10 Å². The van der Waals surface area contributed by atoms with E-state index >= 15 is 0 Å². The third-order valence-corrected chi connectivity index (χ3v) is 6.76. The van der Waals surface area contributed by atoms with Crippen molar-refractivity contribution >= 4 is 5.91 Å². The second-order valence-electron chi connectivity index (χ2n) is 8.90. The van der Waals surface area contributed by atoms with Crippen molar-refractivity contribution in [3.63, 3.8) is 0 Å². The third kappa shape index (κ3) is 3.90. The lowest BCUT2D eigenvalue weighted by atomic mass is 10.0. The molecular weight excluding hydrogens is 400 g/mol. The molecule has 1 aliphatic carbocycles. The molecule has 6 nitrogen and oxygen atoms in total. The maximum absolute atomic E-state index is 13.6. The summed E-state index contributed by atoms with van der Waals surface area (Å²) in [5.41, 5.74) is 7.06. The van der Waals surface area contributed by atoms with Crippen molar-refractivity contribution in [2.24, 2.45) is 0 Å². The predicted octanol–water partition coefficient (Wildman–Crippen LogP) is 5.03. The molecule has 166 valence electrons. The van der Waals surface area contributed by atoms with Gasteiger partial charge in [-0.15, -0.1) is 0 Å². The minimum Gasteiger partial charge on any atom is -0.497 e. The summed E-state index contributed by atoms with van der Waals surface area (Å²) in [7, 11) is 1.67. The Kier molecular flexibility index (Phi) is 5.68. The number of benzene rings is 1. The molecule has 5 rings (SSSR count). The molecule has 0 bridgehead atoms. The lowest BCUT2D eigenvalue weighted by Crippen LogP contribution is -2.32. The number of hydrogen-bond donors (Lipinski definition) is 1. The Bertz CT molecular complexity index is 1120. The van der Waals surface area contributed by atoms with Crippen LogP contribution in [0.5, 0.6) is 5.75 Å². The molecule has 6 heteroatoms. The molecule has 0 spiro atoms. The van der Waals surface area contributed by atoms with E-state index in [1.807, 2.05) is 24.0 Å². The number of fused-ring (bicyclic) bond motifs is 1. The molecule has 1 amide bonds. The lowest BCUT2D eigenvalue weighted by molar-refractivity contribution is 0.0725. The van der Waals surface area contributed by atoms with Gasteiger partial charge < -0.3 is 9.64 Å². The Morgan fingerprint density at radius 2 is 1.88 bits per heavy atom. The fourth-order valence-corrected chi connectivity index (χ4v) is 5.10. The summed E-state index contributed by atoms with van der Waals surface area (Å²) in [6, 6.07) is 12.3. The predicted molar refractivity (Wildman–Crippen MR) is 124 cm³/mol. The van der Waals surface area contributed by atoms with Gasteiger partial charge in [0.05, 0.1) is 18.8 Å². The number of methoxy groups -OCH3 is 1. The van der Waals surface area contributed by atoms with Crippen molar-refractivity contribution in [3.05, 3.63) is 64.7 Å². The number of aromatic amines is 1. The van der Waals surface area contributed by atoms with Crippen LogP contribution in [0.25, 0.3) is 11.1 Å². The number of likely N-dealkylation sites (tertiary alicyclic amines) is 1. The third-order valence-electron chi connectivity index (χ3n) is 6.76. The average Bonchev–Trinajstić information content (AvgIpc) is 3.40. The summed E-state index contributed by atoms with van der Waals surface area (Å²) >= 11 is 0. The largest absolute Gasteiger partial charge is 0.497 e. The SMILES string of the molecule is COc1ccc(-c2cc(C)nc([C@@H]3CCCN3C(=O)c3n[nH]c4c3CCCCC4)c2)cc1. The Hall–Kier alpha value is -3.15. The molecule has 1 atom stereocenters. The van der Waals surface area contributed by atoms with E-state index in [2.05, 4.69) is 34.5 Å². The van der Waals surface area contributed by atoms with Crippen LogP contribution in [0.3, 0.4) is 0 Å². The van der Waals surface area contributed by atoms with E-state index in [4.69, 9.17) is 9.72 Å². The Labute approximate surface area is 189 Å². The van der Waals surface area contributed by atoms with Crippen molar-refractivity contribution in [3.8, 4) is 16.9 Å².